The number of fused-ring (bicyclic) bond motifs is 1. The van der Waals surface area contributed by atoms with Crippen LogP contribution in [-0.4, -0.2) is 61.5 Å². The third-order valence-corrected chi connectivity index (χ3v) is 6.76. The number of rotatable bonds is 7. The first kappa shape index (κ1) is 22.0. The Balaban J connectivity index is 1.81. The normalized spacial score (nSPS) is 25.9. The molecule has 0 aliphatic carbocycles. The summed E-state index contributed by atoms with van der Waals surface area (Å²) < 4.78 is -0.666. The molecular weight excluding hydrogens is 406 g/mol. The lowest BCUT2D eigenvalue weighted by atomic mass is 9.95. The predicted octanol–water partition coefficient (Wildman–Crippen LogP) is 1.80. The predicted molar refractivity (Wildman–Crippen MR) is 113 cm³/mol. The van der Waals surface area contributed by atoms with Gasteiger partial charge in [0.15, 0.2) is 6.04 Å². The second kappa shape index (κ2) is 8.22. The molecule has 0 aromatic heterocycles. The molecule has 0 bridgehead atoms. The smallest absolute Gasteiger partial charge is 0.327 e. The van der Waals surface area contributed by atoms with Crippen molar-refractivity contribution in [2.24, 2.45) is 4.99 Å². The van der Waals surface area contributed by atoms with Crippen LogP contribution in [0.15, 0.2) is 35.3 Å². The van der Waals surface area contributed by atoms with E-state index in [-0.39, 0.29) is 12.2 Å². The summed E-state index contributed by atoms with van der Waals surface area (Å²) in [5.41, 5.74) is 1.17. The molecule has 8 nitrogen and oxygen atoms in total. The molecule has 160 valence electrons. The molecular formula is C21H25N3O5S. The summed E-state index contributed by atoms with van der Waals surface area (Å²) in [4.78, 5) is 54.6. The van der Waals surface area contributed by atoms with Crippen molar-refractivity contribution < 1.29 is 24.3 Å². The molecule has 30 heavy (non-hydrogen) atoms. The van der Waals surface area contributed by atoms with E-state index in [0.29, 0.717) is 11.3 Å². The maximum Gasteiger partial charge on any atom is 0.327 e. The summed E-state index contributed by atoms with van der Waals surface area (Å²) in [6.45, 7) is 6.70. The van der Waals surface area contributed by atoms with E-state index in [0.717, 1.165) is 0 Å². The number of carbonyl (C=O) groups is 4. The number of thioether (sulfide) groups is 1. The zero-order valence-electron chi connectivity index (χ0n) is 17.3. The number of carbonyl (C=O) groups excluding carboxylic acids is 3. The number of Topliss-reactive ketones (excluding diaryl/α,β-unsaturated/α-hetero) is 1. The highest BCUT2D eigenvalue weighted by atomic mass is 32.2. The van der Waals surface area contributed by atoms with E-state index in [1.807, 2.05) is 6.07 Å². The lowest BCUT2D eigenvalue weighted by Crippen LogP contribution is -2.70. The van der Waals surface area contributed by atoms with Gasteiger partial charge in [-0.25, -0.2) is 4.79 Å². The molecule has 0 spiro atoms. The molecule has 2 fully saturated rings. The van der Waals surface area contributed by atoms with Gasteiger partial charge < -0.3 is 15.3 Å². The standard InChI is InChI=1S/C21H25N3O5S/c1-11(10-12(2)25)22-14(13-8-6-5-7-9-13)17(26)23-15-18(27)24-16(20(28)29)21(3,4)30-19(15)24/h5-9,14-16,19H,10H2,1-4H3,(H,23,26)(H,28,29)/t14?,15-,16+,19-/m1/s1. The van der Waals surface area contributed by atoms with Crippen LogP contribution in [0.2, 0.25) is 0 Å². The summed E-state index contributed by atoms with van der Waals surface area (Å²) >= 11 is 1.37. The number of benzene rings is 1. The van der Waals surface area contributed by atoms with Gasteiger partial charge in [-0.3, -0.25) is 19.4 Å². The molecule has 2 N–H and O–H groups in total. The van der Waals surface area contributed by atoms with E-state index in [1.165, 1.54) is 23.6 Å². The molecule has 2 aliphatic heterocycles. The van der Waals surface area contributed by atoms with Gasteiger partial charge in [0.05, 0.1) is 0 Å². The van der Waals surface area contributed by atoms with Crippen LogP contribution in [0.4, 0.5) is 0 Å². The Hall–Kier alpha value is -2.68. The molecule has 9 heteroatoms. The SMILES string of the molecule is CC(=O)CC(C)=NC(C(=O)N[C@@H]1C(=O)N2[C@@H]1SC(C)(C)[C@@H]2C(=O)O)c1ccccc1. The van der Waals surface area contributed by atoms with Gasteiger partial charge in [0.1, 0.15) is 23.2 Å². The van der Waals surface area contributed by atoms with Crippen LogP contribution in [0.25, 0.3) is 0 Å². The van der Waals surface area contributed by atoms with Gasteiger partial charge in [0, 0.05) is 16.9 Å². The number of ketones is 1. The number of hydrogen-bond donors (Lipinski definition) is 2. The molecule has 2 amide bonds. The Morgan fingerprint density at radius 2 is 1.87 bits per heavy atom. The Morgan fingerprint density at radius 1 is 1.23 bits per heavy atom. The Kier molecular flexibility index (Phi) is 6.03. The quantitative estimate of drug-likeness (QED) is 0.502. The Labute approximate surface area is 179 Å². The molecule has 1 aromatic rings. The number of hydrogen-bond acceptors (Lipinski definition) is 6. The van der Waals surface area contributed by atoms with Gasteiger partial charge >= 0.3 is 5.97 Å². The monoisotopic (exact) mass is 431 g/mol. The Morgan fingerprint density at radius 3 is 2.43 bits per heavy atom. The minimum absolute atomic E-state index is 0.0578. The molecule has 3 rings (SSSR count). The second-order valence-electron chi connectivity index (χ2n) is 8.14. The van der Waals surface area contributed by atoms with Gasteiger partial charge in [-0.2, -0.15) is 0 Å². The molecule has 1 unspecified atom stereocenters. The first-order chi connectivity index (χ1) is 14.0. The van der Waals surface area contributed by atoms with Crippen LogP contribution in [0.1, 0.15) is 45.7 Å². The van der Waals surface area contributed by atoms with Gasteiger partial charge in [0.25, 0.3) is 0 Å². The second-order valence-corrected chi connectivity index (χ2v) is 9.91. The number of nitrogens with zero attached hydrogens (tertiary/aromatic N) is 2. The number of aliphatic imine (C=N–C) groups is 1. The fourth-order valence-corrected chi connectivity index (χ4v) is 5.55. The lowest BCUT2D eigenvalue weighted by molar-refractivity contribution is -0.161. The number of amides is 2. The van der Waals surface area contributed by atoms with Crippen LogP contribution in [-0.2, 0) is 19.2 Å². The van der Waals surface area contributed by atoms with Crippen LogP contribution < -0.4 is 5.32 Å². The van der Waals surface area contributed by atoms with E-state index in [9.17, 15) is 24.3 Å². The van der Waals surface area contributed by atoms with Crippen molar-refractivity contribution in [1.82, 2.24) is 10.2 Å². The maximum absolute atomic E-state index is 13.1. The molecule has 0 saturated carbocycles. The van der Waals surface area contributed by atoms with Crippen molar-refractivity contribution in [3.8, 4) is 0 Å². The number of aliphatic carboxylic acids is 1. The average molecular weight is 432 g/mol. The zero-order chi connectivity index (χ0) is 22.2. The molecule has 2 aliphatic rings. The highest BCUT2D eigenvalue weighted by molar-refractivity contribution is 8.01. The summed E-state index contributed by atoms with van der Waals surface area (Å²) in [5.74, 6) is -1.98. The van der Waals surface area contributed by atoms with Crippen molar-refractivity contribution in [2.45, 2.75) is 62.4 Å². The molecule has 2 heterocycles. The molecule has 0 radical (unpaired) electrons. The van der Waals surface area contributed by atoms with Gasteiger partial charge in [-0.15, -0.1) is 11.8 Å². The first-order valence-corrected chi connectivity index (χ1v) is 10.5. The number of carboxylic acids is 1. The molecule has 1 aromatic carbocycles. The van der Waals surface area contributed by atoms with Gasteiger partial charge in [-0.05, 0) is 33.3 Å². The molecule has 2 saturated heterocycles. The minimum atomic E-state index is -1.06. The third-order valence-electron chi connectivity index (χ3n) is 5.19. The summed E-state index contributed by atoms with van der Waals surface area (Å²) in [5, 5.41) is 11.8. The summed E-state index contributed by atoms with van der Waals surface area (Å²) in [7, 11) is 0. The first-order valence-electron chi connectivity index (χ1n) is 9.63. The van der Waals surface area contributed by atoms with Gasteiger partial charge in [-0.1, -0.05) is 30.3 Å². The van der Waals surface area contributed by atoms with Crippen LogP contribution in [0.3, 0.4) is 0 Å². The number of carboxylic acid groups (broad SMARTS) is 1. The maximum atomic E-state index is 13.1. The van der Waals surface area contributed by atoms with Gasteiger partial charge in [0.2, 0.25) is 11.8 Å². The fraction of sp³-hybridized carbons (Fsp3) is 0.476. The summed E-state index contributed by atoms with van der Waals surface area (Å²) in [6, 6.07) is 6.27. The van der Waals surface area contributed by atoms with Crippen molar-refractivity contribution in [3.05, 3.63) is 35.9 Å². The van der Waals surface area contributed by atoms with Crippen LogP contribution >= 0.6 is 11.8 Å². The fourth-order valence-electron chi connectivity index (χ4n) is 3.92. The van der Waals surface area contributed by atoms with E-state index in [1.54, 1.807) is 45.0 Å². The number of β-lactam (4-membered cyclic amide) rings is 1. The largest absolute Gasteiger partial charge is 0.480 e. The topological polar surface area (TPSA) is 116 Å². The zero-order valence-corrected chi connectivity index (χ0v) is 18.1. The van der Waals surface area contributed by atoms with E-state index >= 15 is 0 Å². The number of nitrogens with one attached hydrogen (secondary N) is 1. The summed E-state index contributed by atoms with van der Waals surface area (Å²) in [6.07, 6.45) is 0.139. The van der Waals surface area contributed by atoms with E-state index in [4.69, 9.17) is 0 Å². The van der Waals surface area contributed by atoms with Crippen molar-refractivity contribution >= 4 is 41.0 Å². The lowest BCUT2D eigenvalue weighted by Gasteiger charge is -2.43. The van der Waals surface area contributed by atoms with E-state index in [2.05, 4.69) is 10.3 Å². The third kappa shape index (κ3) is 4.12. The van der Waals surface area contributed by atoms with E-state index < -0.39 is 46.0 Å². The Bertz CT molecular complexity index is 914. The van der Waals surface area contributed by atoms with Crippen molar-refractivity contribution in [1.29, 1.82) is 0 Å². The van der Waals surface area contributed by atoms with Crippen LogP contribution in [0.5, 0.6) is 0 Å². The highest BCUT2D eigenvalue weighted by Crippen LogP contribution is 2.50. The van der Waals surface area contributed by atoms with Crippen molar-refractivity contribution in [3.63, 3.8) is 0 Å². The van der Waals surface area contributed by atoms with Crippen LogP contribution in [0, 0.1) is 0 Å². The highest BCUT2D eigenvalue weighted by Gasteiger charge is 2.64. The molecule has 4 atom stereocenters. The minimum Gasteiger partial charge on any atom is -0.480 e. The average Bonchev–Trinajstić information content (AvgIpc) is 2.92. The van der Waals surface area contributed by atoms with Crippen molar-refractivity contribution in [2.75, 3.05) is 0 Å².